The van der Waals surface area contributed by atoms with E-state index in [1.807, 2.05) is 7.05 Å². The minimum atomic E-state index is -0.201. The number of nitrogens with zero attached hydrogens (tertiary/aromatic N) is 1. The van der Waals surface area contributed by atoms with Crippen LogP contribution in [-0.2, 0) is 6.42 Å². The molecule has 3 atom stereocenters. The Morgan fingerprint density at radius 2 is 2.00 bits per heavy atom. The van der Waals surface area contributed by atoms with Gasteiger partial charge in [-0.1, -0.05) is 11.6 Å². The molecule has 2 aliphatic rings. The highest BCUT2D eigenvalue weighted by atomic mass is 35.5. The van der Waals surface area contributed by atoms with E-state index in [1.165, 1.54) is 31.7 Å². The Morgan fingerprint density at radius 1 is 1.33 bits per heavy atom. The predicted octanol–water partition coefficient (Wildman–Crippen LogP) is 3.48. The molecule has 3 unspecified atom stereocenters. The lowest BCUT2D eigenvalue weighted by Gasteiger charge is -2.40. The average molecular weight is 311 g/mol. The van der Waals surface area contributed by atoms with Crippen molar-refractivity contribution in [1.29, 1.82) is 0 Å². The number of hydrogen-bond donors (Lipinski definition) is 1. The molecule has 3 rings (SSSR count). The Balaban J connectivity index is 1.72. The van der Waals surface area contributed by atoms with Crippen LogP contribution in [0.15, 0.2) is 18.2 Å². The first-order valence-electron chi connectivity index (χ1n) is 7.91. The van der Waals surface area contributed by atoms with Gasteiger partial charge in [-0.25, -0.2) is 4.39 Å². The summed E-state index contributed by atoms with van der Waals surface area (Å²) >= 11 is 6.23. The van der Waals surface area contributed by atoms with E-state index in [0.29, 0.717) is 17.0 Å². The van der Waals surface area contributed by atoms with Crippen molar-refractivity contribution >= 4 is 11.6 Å². The molecule has 1 aromatic carbocycles. The van der Waals surface area contributed by atoms with E-state index in [9.17, 15) is 4.39 Å². The lowest BCUT2D eigenvalue weighted by molar-refractivity contribution is 0.114. The van der Waals surface area contributed by atoms with Crippen LogP contribution in [0.5, 0.6) is 0 Å². The number of halogens is 2. The van der Waals surface area contributed by atoms with Crippen LogP contribution in [-0.4, -0.2) is 37.1 Å². The van der Waals surface area contributed by atoms with Crippen molar-refractivity contribution in [2.45, 2.75) is 50.2 Å². The molecular weight excluding hydrogens is 287 g/mol. The molecule has 2 fully saturated rings. The summed E-state index contributed by atoms with van der Waals surface area (Å²) in [5.41, 5.74) is 0.919. The van der Waals surface area contributed by atoms with E-state index in [0.717, 1.165) is 24.1 Å². The number of piperidine rings is 1. The highest BCUT2D eigenvalue weighted by molar-refractivity contribution is 6.31. The quantitative estimate of drug-likeness (QED) is 0.916. The van der Waals surface area contributed by atoms with Crippen molar-refractivity contribution in [3.63, 3.8) is 0 Å². The number of hydrogen-bond acceptors (Lipinski definition) is 2. The Bertz CT molecular complexity index is 494. The van der Waals surface area contributed by atoms with Gasteiger partial charge in [0.25, 0.3) is 0 Å². The molecule has 0 aromatic heterocycles. The van der Waals surface area contributed by atoms with Crippen molar-refractivity contribution in [2.24, 2.45) is 5.92 Å². The Labute approximate surface area is 131 Å². The van der Waals surface area contributed by atoms with Gasteiger partial charge in [-0.15, -0.1) is 0 Å². The van der Waals surface area contributed by atoms with Crippen LogP contribution >= 0.6 is 11.6 Å². The van der Waals surface area contributed by atoms with Crippen LogP contribution in [0.1, 0.15) is 31.2 Å². The summed E-state index contributed by atoms with van der Waals surface area (Å²) in [6.07, 6.45) is 5.95. The van der Waals surface area contributed by atoms with Gasteiger partial charge >= 0.3 is 0 Å². The predicted molar refractivity (Wildman–Crippen MR) is 85.3 cm³/mol. The molecule has 21 heavy (non-hydrogen) atoms. The zero-order valence-corrected chi connectivity index (χ0v) is 13.5. The third-order valence-electron chi connectivity index (χ3n) is 5.52. The second-order valence-corrected chi connectivity index (χ2v) is 7.02. The topological polar surface area (TPSA) is 15.3 Å². The van der Waals surface area contributed by atoms with Gasteiger partial charge in [0.1, 0.15) is 5.82 Å². The van der Waals surface area contributed by atoms with Crippen LogP contribution in [0, 0.1) is 11.7 Å². The first kappa shape index (κ1) is 15.3. The molecule has 2 bridgehead atoms. The molecule has 0 saturated carbocycles. The SMILES string of the molecule is CNC(Cc1cc(F)ccc1Cl)C1CC2CCC(C1)N2C. The third-order valence-corrected chi connectivity index (χ3v) is 5.89. The summed E-state index contributed by atoms with van der Waals surface area (Å²) in [7, 11) is 4.27. The fraction of sp³-hybridized carbons (Fsp3) is 0.647. The molecular formula is C17H24ClFN2. The molecule has 2 heterocycles. The molecule has 0 spiro atoms. The summed E-state index contributed by atoms with van der Waals surface area (Å²) in [5, 5.41) is 4.12. The Hall–Kier alpha value is -0.640. The summed E-state index contributed by atoms with van der Waals surface area (Å²) in [6.45, 7) is 0. The van der Waals surface area contributed by atoms with Crippen molar-refractivity contribution in [1.82, 2.24) is 10.2 Å². The number of nitrogens with one attached hydrogen (secondary N) is 1. The summed E-state index contributed by atoms with van der Waals surface area (Å²) in [5.74, 6) is 0.454. The molecule has 1 N–H and O–H groups in total. The number of rotatable bonds is 4. The van der Waals surface area contributed by atoms with Crippen molar-refractivity contribution in [3.8, 4) is 0 Å². The minimum Gasteiger partial charge on any atom is -0.316 e. The first-order chi connectivity index (χ1) is 10.1. The number of fused-ring (bicyclic) bond motifs is 2. The lowest BCUT2D eigenvalue weighted by atomic mass is 9.82. The van der Waals surface area contributed by atoms with Crippen molar-refractivity contribution in [2.75, 3.05) is 14.1 Å². The molecule has 0 radical (unpaired) electrons. The first-order valence-corrected chi connectivity index (χ1v) is 8.29. The standard InChI is InChI=1S/C17H24ClFN2/c1-20-17(10-11-7-13(19)3-6-16(11)18)12-8-14-4-5-15(9-12)21(14)2/h3,6-7,12,14-15,17,20H,4-5,8-10H2,1-2H3. The smallest absolute Gasteiger partial charge is 0.123 e. The minimum absolute atomic E-state index is 0.201. The van der Waals surface area contributed by atoms with Crippen molar-refractivity contribution < 1.29 is 4.39 Å². The van der Waals surface area contributed by atoms with Gasteiger partial charge in [0.05, 0.1) is 0 Å². The van der Waals surface area contributed by atoms with Crippen LogP contribution in [0.25, 0.3) is 0 Å². The second-order valence-electron chi connectivity index (χ2n) is 6.62. The molecule has 2 nitrogen and oxygen atoms in total. The number of likely N-dealkylation sites (N-methyl/N-ethyl adjacent to an activating group) is 1. The van der Waals surface area contributed by atoms with Crippen LogP contribution < -0.4 is 5.32 Å². The highest BCUT2D eigenvalue weighted by Crippen LogP contribution is 2.39. The summed E-state index contributed by atoms with van der Waals surface area (Å²) in [6, 6.07) is 6.50. The van der Waals surface area contributed by atoms with E-state index in [2.05, 4.69) is 17.3 Å². The Kier molecular flexibility index (Phi) is 4.53. The molecule has 4 heteroatoms. The average Bonchev–Trinajstić information content (AvgIpc) is 2.69. The van der Waals surface area contributed by atoms with E-state index in [1.54, 1.807) is 12.1 Å². The van der Waals surface area contributed by atoms with Gasteiger partial charge in [-0.3, -0.25) is 0 Å². The van der Waals surface area contributed by atoms with Gasteiger partial charge in [0, 0.05) is 23.1 Å². The zero-order valence-electron chi connectivity index (χ0n) is 12.8. The van der Waals surface area contributed by atoms with Gasteiger partial charge in [-0.05, 0) is 75.9 Å². The highest BCUT2D eigenvalue weighted by Gasteiger charge is 2.40. The molecule has 0 aliphatic carbocycles. The third kappa shape index (κ3) is 3.10. The fourth-order valence-corrected chi connectivity index (χ4v) is 4.42. The molecule has 2 aliphatic heterocycles. The van der Waals surface area contributed by atoms with E-state index >= 15 is 0 Å². The Morgan fingerprint density at radius 3 is 2.62 bits per heavy atom. The zero-order chi connectivity index (χ0) is 15.0. The van der Waals surface area contributed by atoms with E-state index < -0.39 is 0 Å². The maximum absolute atomic E-state index is 13.4. The van der Waals surface area contributed by atoms with Gasteiger partial charge in [0.15, 0.2) is 0 Å². The van der Waals surface area contributed by atoms with Crippen LogP contribution in [0.4, 0.5) is 4.39 Å². The van der Waals surface area contributed by atoms with E-state index in [4.69, 9.17) is 11.6 Å². The maximum atomic E-state index is 13.4. The number of benzene rings is 1. The molecule has 2 saturated heterocycles. The fourth-order valence-electron chi connectivity index (χ4n) is 4.22. The monoisotopic (exact) mass is 310 g/mol. The largest absolute Gasteiger partial charge is 0.316 e. The molecule has 1 aromatic rings. The van der Waals surface area contributed by atoms with Gasteiger partial charge < -0.3 is 10.2 Å². The molecule has 0 amide bonds. The summed E-state index contributed by atoms with van der Waals surface area (Å²) < 4.78 is 13.4. The maximum Gasteiger partial charge on any atom is 0.123 e. The normalized spacial score (nSPS) is 30.6. The van der Waals surface area contributed by atoms with Gasteiger partial charge in [0.2, 0.25) is 0 Å². The summed E-state index contributed by atoms with van der Waals surface area (Å²) in [4.78, 5) is 2.55. The molecule has 116 valence electrons. The lowest BCUT2D eigenvalue weighted by Crippen LogP contribution is -2.47. The van der Waals surface area contributed by atoms with Crippen LogP contribution in [0.3, 0.4) is 0 Å². The van der Waals surface area contributed by atoms with E-state index in [-0.39, 0.29) is 5.82 Å². The van der Waals surface area contributed by atoms with Crippen molar-refractivity contribution in [3.05, 3.63) is 34.6 Å². The van der Waals surface area contributed by atoms with Crippen LogP contribution in [0.2, 0.25) is 5.02 Å². The second kappa shape index (κ2) is 6.23. The van der Waals surface area contributed by atoms with Gasteiger partial charge in [-0.2, -0.15) is 0 Å².